The number of aromatic nitrogens is 2. The van der Waals surface area contributed by atoms with Crippen molar-refractivity contribution in [2.75, 3.05) is 19.3 Å². The molecule has 2 rings (SSSR count). The van der Waals surface area contributed by atoms with Crippen molar-refractivity contribution in [3.8, 4) is 0 Å². The first-order valence-electron chi connectivity index (χ1n) is 7.93. The average Bonchev–Trinajstić information content (AvgIpc) is 3.02. The molecule has 0 aliphatic carbocycles. The van der Waals surface area contributed by atoms with E-state index in [0.29, 0.717) is 17.4 Å². The Balaban J connectivity index is 1.82. The Kier molecular flexibility index (Phi) is 7.49. The Morgan fingerprint density at radius 3 is 2.68 bits per heavy atom. The smallest absolute Gasteiger partial charge is 0.239 e. The summed E-state index contributed by atoms with van der Waals surface area (Å²) in [6, 6.07) is 9.94. The molecule has 2 amide bonds. The van der Waals surface area contributed by atoms with Gasteiger partial charge in [0.2, 0.25) is 11.8 Å². The minimum atomic E-state index is -0.214. The van der Waals surface area contributed by atoms with Crippen LogP contribution >= 0.6 is 11.8 Å². The minimum Gasteiger partial charge on any atom is -0.390 e. The first kappa shape index (κ1) is 19.0. The number of likely N-dealkylation sites (N-methyl/N-ethyl adjacent to an activating group) is 1. The number of thioether (sulfide) groups is 1. The molecule has 0 aliphatic rings. The summed E-state index contributed by atoms with van der Waals surface area (Å²) >= 11 is 1.24. The third-order valence-electron chi connectivity index (χ3n) is 3.56. The summed E-state index contributed by atoms with van der Waals surface area (Å²) in [5, 5.41) is 15.3. The van der Waals surface area contributed by atoms with Crippen LogP contribution in [0.1, 0.15) is 11.3 Å². The van der Waals surface area contributed by atoms with Crippen LogP contribution in [0.3, 0.4) is 0 Å². The number of carbonyl (C=O) groups is 2. The van der Waals surface area contributed by atoms with Crippen LogP contribution in [-0.2, 0) is 29.2 Å². The Morgan fingerprint density at radius 2 is 2.00 bits per heavy atom. The van der Waals surface area contributed by atoms with Crippen molar-refractivity contribution in [3.05, 3.63) is 47.8 Å². The zero-order valence-electron chi connectivity index (χ0n) is 14.1. The molecule has 0 spiro atoms. The van der Waals surface area contributed by atoms with Gasteiger partial charge in [0.15, 0.2) is 5.16 Å². The van der Waals surface area contributed by atoms with Crippen LogP contribution in [0, 0.1) is 0 Å². The van der Waals surface area contributed by atoms with E-state index in [2.05, 4.69) is 15.6 Å². The number of aliphatic hydroxyl groups is 1. The Morgan fingerprint density at radius 1 is 1.24 bits per heavy atom. The van der Waals surface area contributed by atoms with Gasteiger partial charge in [-0.15, -0.1) is 0 Å². The van der Waals surface area contributed by atoms with E-state index >= 15 is 0 Å². The topological polar surface area (TPSA) is 96.2 Å². The lowest BCUT2D eigenvalue weighted by Crippen LogP contribution is -2.28. The normalized spacial score (nSPS) is 10.5. The number of imidazole rings is 1. The number of amides is 2. The molecule has 0 saturated carbocycles. The number of hydrogen-bond acceptors (Lipinski definition) is 5. The van der Waals surface area contributed by atoms with Crippen LogP contribution in [0.25, 0.3) is 0 Å². The van der Waals surface area contributed by atoms with E-state index in [0.717, 1.165) is 6.42 Å². The fraction of sp³-hybridized carbons (Fsp3) is 0.353. The monoisotopic (exact) mass is 362 g/mol. The quantitative estimate of drug-likeness (QED) is 0.567. The van der Waals surface area contributed by atoms with E-state index in [-0.39, 0.29) is 30.7 Å². The number of hydrogen-bond donors (Lipinski definition) is 3. The second kappa shape index (κ2) is 9.85. The van der Waals surface area contributed by atoms with Crippen LogP contribution in [0.4, 0.5) is 0 Å². The van der Waals surface area contributed by atoms with Gasteiger partial charge in [-0.1, -0.05) is 42.1 Å². The van der Waals surface area contributed by atoms with Gasteiger partial charge in [0.1, 0.15) is 6.54 Å². The van der Waals surface area contributed by atoms with E-state index < -0.39 is 0 Å². The molecule has 0 fully saturated rings. The van der Waals surface area contributed by atoms with Gasteiger partial charge in [-0.3, -0.25) is 9.59 Å². The van der Waals surface area contributed by atoms with Crippen LogP contribution in [0.2, 0.25) is 0 Å². The lowest BCUT2D eigenvalue weighted by molar-refractivity contribution is -0.121. The van der Waals surface area contributed by atoms with Gasteiger partial charge in [-0.2, -0.15) is 0 Å². The van der Waals surface area contributed by atoms with Crippen LogP contribution in [0.15, 0.2) is 41.7 Å². The highest BCUT2D eigenvalue weighted by Crippen LogP contribution is 2.18. The standard InChI is InChI=1S/C17H22N4O3S/c1-18-15(23)10-21-14(11-22)9-20-17(21)25-12-16(24)19-8-7-13-5-3-2-4-6-13/h2-6,9,22H,7-8,10-12H2,1H3,(H,18,23)(H,19,24). The van der Waals surface area contributed by atoms with Gasteiger partial charge in [0.25, 0.3) is 0 Å². The fourth-order valence-corrected chi connectivity index (χ4v) is 3.02. The van der Waals surface area contributed by atoms with Gasteiger partial charge in [-0.25, -0.2) is 4.98 Å². The van der Waals surface area contributed by atoms with Crippen molar-refractivity contribution in [2.24, 2.45) is 0 Å². The maximum absolute atomic E-state index is 12.0. The third kappa shape index (κ3) is 5.91. The maximum Gasteiger partial charge on any atom is 0.239 e. The van der Waals surface area contributed by atoms with E-state index in [4.69, 9.17) is 0 Å². The minimum absolute atomic E-state index is 0.0599. The number of aliphatic hydroxyl groups excluding tert-OH is 1. The van der Waals surface area contributed by atoms with Crippen LogP contribution in [-0.4, -0.2) is 45.8 Å². The molecule has 0 unspecified atom stereocenters. The van der Waals surface area contributed by atoms with E-state index in [1.54, 1.807) is 11.6 Å². The van der Waals surface area contributed by atoms with Gasteiger partial charge < -0.3 is 20.3 Å². The number of rotatable bonds is 9. The first-order chi connectivity index (χ1) is 12.1. The van der Waals surface area contributed by atoms with Crippen molar-refractivity contribution in [1.29, 1.82) is 0 Å². The molecule has 7 nitrogen and oxygen atoms in total. The molecule has 3 N–H and O–H groups in total. The lowest BCUT2D eigenvalue weighted by Gasteiger charge is -2.10. The molecule has 1 aromatic heterocycles. The van der Waals surface area contributed by atoms with Gasteiger partial charge in [0, 0.05) is 13.6 Å². The molecular formula is C17H22N4O3S. The van der Waals surface area contributed by atoms with Crippen molar-refractivity contribution < 1.29 is 14.7 Å². The predicted octanol–water partition coefficient (Wildman–Crippen LogP) is 0.572. The number of carbonyl (C=O) groups excluding carboxylic acids is 2. The fourth-order valence-electron chi connectivity index (χ4n) is 2.20. The second-order valence-corrected chi connectivity index (χ2v) is 6.27. The van der Waals surface area contributed by atoms with Gasteiger partial charge in [-0.05, 0) is 12.0 Å². The lowest BCUT2D eigenvalue weighted by atomic mass is 10.1. The van der Waals surface area contributed by atoms with Crippen molar-refractivity contribution >= 4 is 23.6 Å². The number of benzene rings is 1. The highest BCUT2D eigenvalue weighted by Gasteiger charge is 2.14. The van der Waals surface area contributed by atoms with Crippen molar-refractivity contribution in [1.82, 2.24) is 20.2 Å². The van der Waals surface area contributed by atoms with E-state index in [1.165, 1.54) is 23.5 Å². The van der Waals surface area contributed by atoms with Gasteiger partial charge >= 0.3 is 0 Å². The highest BCUT2D eigenvalue weighted by molar-refractivity contribution is 7.99. The van der Waals surface area contributed by atoms with Gasteiger partial charge in [0.05, 0.1) is 24.3 Å². The molecule has 0 radical (unpaired) electrons. The average molecular weight is 362 g/mol. The molecule has 1 aromatic carbocycles. The summed E-state index contributed by atoms with van der Waals surface area (Å²) in [7, 11) is 1.55. The number of nitrogens with zero attached hydrogens (tertiary/aromatic N) is 2. The zero-order valence-corrected chi connectivity index (χ0v) is 14.9. The molecule has 8 heteroatoms. The van der Waals surface area contributed by atoms with Crippen molar-refractivity contribution in [3.63, 3.8) is 0 Å². The first-order valence-corrected chi connectivity index (χ1v) is 8.92. The molecule has 25 heavy (non-hydrogen) atoms. The third-order valence-corrected chi connectivity index (χ3v) is 4.55. The molecule has 134 valence electrons. The molecule has 2 aromatic rings. The molecule has 0 bridgehead atoms. The summed E-state index contributed by atoms with van der Waals surface area (Å²) in [4.78, 5) is 27.7. The summed E-state index contributed by atoms with van der Waals surface area (Å²) in [6.07, 6.45) is 2.29. The molecule has 0 saturated heterocycles. The van der Waals surface area contributed by atoms with Crippen molar-refractivity contribution in [2.45, 2.75) is 24.7 Å². The van der Waals surface area contributed by atoms with E-state index in [1.807, 2.05) is 30.3 Å². The molecule has 0 aliphatic heterocycles. The Bertz CT molecular complexity index is 703. The summed E-state index contributed by atoms with van der Waals surface area (Å²) in [5.74, 6) is -0.0902. The Labute approximate surface area is 150 Å². The molecule has 0 atom stereocenters. The maximum atomic E-state index is 12.0. The summed E-state index contributed by atoms with van der Waals surface area (Å²) < 4.78 is 1.61. The Hall–Kier alpha value is -2.32. The predicted molar refractivity (Wildman–Crippen MR) is 96.1 cm³/mol. The van der Waals surface area contributed by atoms with E-state index in [9.17, 15) is 14.7 Å². The largest absolute Gasteiger partial charge is 0.390 e. The molecule has 1 heterocycles. The van der Waals surface area contributed by atoms with Crippen LogP contribution < -0.4 is 10.6 Å². The van der Waals surface area contributed by atoms with Crippen LogP contribution in [0.5, 0.6) is 0 Å². The summed E-state index contributed by atoms with van der Waals surface area (Å²) in [5.41, 5.74) is 1.71. The zero-order chi connectivity index (χ0) is 18.1. The molecular weight excluding hydrogens is 340 g/mol. The highest BCUT2D eigenvalue weighted by atomic mass is 32.2. The summed E-state index contributed by atoms with van der Waals surface area (Å²) in [6.45, 7) is 0.413. The SMILES string of the molecule is CNC(=O)Cn1c(CO)cnc1SCC(=O)NCCc1ccccc1. The second-order valence-electron chi connectivity index (χ2n) is 5.32. The number of nitrogens with one attached hydrogen (secondary N) is 2.